The third kappa shape index (κ3) is 3.81. The van der Waals surface area contributed by atoms with E-state index in [1.807, 2.05) is 0 Å². The highest BCUT2D eigenvalue weighted by Gasteiger charge is 2.29. The summed E-state index contributed by atoms with van der Waals surface area (Å²) >= 11 is 0. The molecule has 0 spiro atoms. The Bertz CT molecular complexity index is 712. The summed E-state index contributed by atoms with van der Waals surface area (Å²) in [6, 6.07) is 8.45. The van der Waals surface area contributed by atoms with Crippen molar-refractivity contribution < 1.29 is 22.4 Å². The second-order valence-corrected chi connectivity index (χ2v) is 4.78. The number of hydrogen-bond donors (Lipinski definition) is 0. The van der Waals surface area contributed by atoms with E-state index in [2.05, 4.69) is 0 Å². The summed E-state index contributed by atoms with van der Waals surface area (Å²) in [7, 11) is 0. The molecule has 0 heterocycles. The maximum Gasteiger partial charge on any atom is 0.416 e. The third-order valence-electron chi connectivity index (χ3n) is 3.11. The second kappa shape index (κ2) is 6.13. The number of carbonyl (C=O) groups excluding carboxylic acids is 1. The summed E-state index contributed by atoms with van der Waals surface area (Å²) in [5, 5.41) is 0. The summed E-state index contributed by atoms with van der Waals surface area (Å²) < 4.78 is 50.4. The van der Waals surface area contributed by atoms with Gasteiger partial charge in [-0.1, -0.05) is 18.2 Å². The molecule has 0 radical (unpaired) electrons. The van der Waals surface area contributed by atoms with Crippen molar-refractivity contribution in [3.8, 4) is 0 Å². The van der Waals surface area contributed by atoms with Crippen LogP contribution in [0.25, 0.3) is 6.08 Å². The SMILES string of the molecule is Cc1cc(C(=O)C=Cc2ccc(C(F)(F)F)cc2)ccc1F. The first-order chi connectivity index (χ1) is 10.3. The Morgan fingerprint density at radius 1 is 1.05 bits per heavy atom. The molecule has 0 N–H and O–H groups in total. The van der Waals surface area contributed by atoms with Gasteiger partial charge in [0.2, 0.25) is 0 Å². The van der Waals surface area contributed by atoms with Gasteiger partial charge >= 0.3 is 6.18 Å². The van der Waals surface area contributed by atoms with Gasteiger partial charge in [-0.05, 0) is 54.5 Å². The molecule has 0 fully saturated rings. The predicted octanol–water partition coefficient (Wildman–Crippen LogP) is 5.05. The average Bonchev–Trinajstić information content (AvgIpc) is 2.47. The summed E-state index contributed by atoms with van der Waals surface area (Å²) in [6.07, 6.45) is -1.72. The Labute approximate surface area is 124 Å². The first kappa shape index (κ1) is 15.9. The normalized spacial score (nSPS) is 11.9. The molecule has 2 aromatic rings. The third-order valence-corrected chi connectivity index (χ3v) is 3.11. The second-order valence-electron chi connectivity index (χ2n) is 4.78. The number of ketones is 1. The van der Waals surface area contributed by atoms with Gasteiger partial charge in [-0.2, -0.15) is 13.2 Å². The molecule has 1 nitrogen and oxygen atoms in total. The lowest BCUT2D eigenvalue weighted by Gasteiger charge is -2.05. The summed E-state index contributed by atoms with van der Waals surface area (Å²) in [5.41, 5.74) is 0.404. The number of rotatable bonds is 3. The molecule has 0 atom stereocenters. The minimum atomic E-state index is -4.39. The molecule has 114 valence electrons. The van der Waals surface area contributed by atoms with Crippen LogP contribution in [-0.4, -0.2) is 5.78 Å². The molecule has 0 aromatic heterocycles. The largest absolute Gasteiger partial charge is 0.416 e. The molecule has 0 saturated heterocycles. The van der Waals surface area contributed by atoms with Gasteiger partial charge in [-0.15, -0.1) is 0 Å². The zero-order valence-corrected chi connectivity index (χ0v) is 11.6. The Kier molecular flexibility index (Phi) is 4.45. The number of aryl methyl sites for hydroxylation is 1. The molecule has 0 unspecified atom stereocenters. The van der Waals surface area contributed by atoms with Gasteiger partial charge in [0.25, 0.3) is 0 Å². The predicted molar refractivity (Wildman–Crippen MR) is 75.9 cm³/mol. The first-order valence-electron chi connectivity index (χ1n) is 6.43. The smallest absolute Gasteiger partial charge is 0.289 e. The molecule has 0 aliphatic carbocycles. The van der Waals surface area contributed by atoms with Crippen molar-refractivity contribution in [1.82, 2.24) is 0 Å². The maximum absolute atomic E-state index is 13.1. The van der Waals surface area contributed by atoms with Crippen molar-refractivity contribution >= 4 is 11.9 Å². The molecule has 5 heteroatoms. The maximum atomic E-state index is 13.1. The molecular formula is C17H12F4O. The summed E-state index contributed by atoms with van der Waals surface area (Å²) in [5.74, 6) is -0.744. The van der Waals surface area contributed by atoms with Crippen LogP contribution in [0.15, 0.2) is 48.5 Å². The van der Waals surface area contributed by atoms with Crippen LogP contribution in [0.2, 0.25) is 0 Å². The van der Waals surface area contributed by atoms with Crippen LogP contribution in [0.4, 0.5) is 17.6 Å². The highest BCUT2D eigenvalue weighted by atomic mass is 19.4. The van der Waals surface area contributed by atoms with E-state index in [0.29, 0.717) is 16.7 Å². The van der Waals surface area contributed by atoms with Gasteiger partial charge < -0.3 is 0 Å². The highest BCUT2D eigenvalue weighted by Crippen LogP contribution is 2.29. The van der Waals surface area contributed by atoms with Crippen LogP contribution in [-0.2, 0) is 6.18 Å². The number of allylic oxidation sites excluding steroid dienone is 1. The molecule has 0 aliphatic rings. The zero-order chi connectivity index (χ0) is 16.3. The van der Waals surface area contributed by atoms with Crippen LogP contribution in [0, 0.1) is 12.7 Å². The number of halogens is 4. The molecule has 0 aliphatic heterocycles. The van der Waals surface area contributed by atoms with Crippen LogP contribution in [0.3, 0.4) is 0 Å². The highest BCUT2D eigenvalue weighted by molar-refractivity contribution is 6.06. The Morgan fingerprint density at radius 2 is 1.68 bits per heavy atom. The monoisotopic (exact) mass is 308 g/mol. The van der Waals surface area contributed by atoms with Crippen molar-refractivity contribution in [2.24, 2.45) is 0 Å². The van der Waals surface area contributed by atoms with Crippen molar-refractivity contribution in [3.63, 3.8) is 0 Å². The van der Waals surface area contributed by atoms with Gasteiger partial charge in [-0.3, -0.25) is 4.79 Å². The minimum Gasteiger partial charge on any atom is -0.289 e. The van der Waals surface area contributed by atoms with Gasteiger partial charge in [0, 0.05) is 5.56 Å². The molecule has 0 saturated carbocycles. The lowest BCUT2D eigenvalue weighted by Crippen LogP contribution is -2.04. The van der Waals surface area contributed by atoms with E-state index in [9.17, 15) is 22.4 Å². The van der Waals surface area contributed by atoms with Crippen LogP contribution >= 0.6 is 0 Å². The van der Waals surface area contributed by atoms with Crippen LogP contribution in [0.1, 0.15) is 27.0 Å². The van der Waals surface area contributed by atoms with E-state index in [1.54, 1.807) is 6.92 Å². The zero-order valence-electron chi connectivity index (χ0n) is 11.6. The fourth-order valence-electron chi connectivity index (χ4n) is 1.85. The first-order valence-corrected chi connectivity index (χ1v) is 6.43. The molecular weight excluding hydrogens is 296 g/mol. The molecule has 22 heavy (non-hydrogen) atoms. The van der Waals surface area contributed by atoms with E-state index in [-0.39, 0.29) is 5.78 Å². The molecule has 0 amide bonds. The fourth-order valence-corrected chi connectivity index (χ4v) is 1.85. The lowest BCUT2D eigenvalue weighted by atomic mass is 10.1. The van der Waals surface area contributed by atoms with E-state index >= 15 is 0 Å². The Balaban J connectivity index is 2.14. The van der Waals surface area contributed by atoms with Gasteiger partial charge in [0.1, 0.15) is 5.82 Å². The minimum absolute atomic E-state index is 0.321. The summed E-state index contributed by atoms with van der Waals surface area (Å²) in [6.45, 7) is 1.55. The van der Waals surface area contributed by atoms with E-state index in [4.69, 9.17) is 0 Å². The number of hydrogen-bond acceptors (Lipinski definition) is 1. The Hall–Kier alpha value is -2.43. The van der Waals surface area contributed by atoms with Crippen molar-refractivity contribution in [2.45, 2.75) is 13.1 Å². The summed E-state index contributed by atoms with van der Waals surface area (Å²) in [4.78, 5) is 11.9. The number of alkyl halides is 3. The van der Waals surface area contributed by atoms with E-state index in [0.717, 1.165) is 12.1 Å². The van der Waals surface area contributed by atoms with Crippen LogP contribution in [0.5, 0.6) is 0 Å². The van der Waals surface area contributed by atoms with Crippen molar-refractivity contribution in [2.75, 3.05) is 0 Å². The topological polar surface area (TPSA) is 17.1 Å². The molecule has 0 bridgehead atoms. The number of benzene rings is 2. The van der Waals surface area contributed by atoms with Crippen molar-refractivity contribution in [1.29, 1.82) is 0 Å². The molecule has 2 rings (SSSR count). The van der Waals surface area contributed by atoms with E-state index in [1.165, 1.54) is 42.5 Å². The average molecular weight is 308 g/mol. The lowest BCUT2D eigenvalue weighted by molar-refractivity contribution is -0.137. The number of carbonyl (C=O) groups is 1. The van der Waals surface area contributed by atoms with Gasteiger partial charge in [-0.25, -0.2) is 4.39 Å². The standard InChI is InChI=1S/C17H12F4O/c1-11-10-13(5-8-15(11)18)16(22)9-4-12-2-6-14(7-3-12)17(19,20)21/h2-10H,1H3. The van der Waals surface area contributed by atoms with E-state index < -0.39 is 17.6 Å². The fraction of sp³-hybridized carbons (Fsp3) is 0.118. The van der Waals surface area contributed by atoms with Crippen molar-refractivity contribution in [3.05, 3.63) is 76.6 Å². The van der Waals surface area contributed by atoms with Crippen LogP contribution < -0.4 is 0 Å². The molecule has 2 aromatic carbocycles. The quantitative estimate of drug-likeness (QED) is 0.440. The van der Waals surface area contributed by atoms with Gasteiger partial charge in [0.15, 0.2) is 5.78 Å². The Morgan fingerprint density at radius 3 is 2.23 bits per heavy atom. The van der Waals surface area contributed by atoms with Gasteiger partial charge in [0.05, 0.1) is 5.56 Å².